The third kappa shape index (κ3) is 5.15. The molecule has 0 atom stereocenters. The van der Waals surface area contributed by atoms with E-state index in [1.807, 2.05) is 0 Å². The molecule has 0 spiro atoms. The van der Waals surface area contributed by atoms with Crippen LogP contribution in [0.15, 0.2) is 158 Å². The lowest BCUT2D eigenvalue weighted by atomic mass is 10.1. The Morgan fingerprint density at radius 2 is 0.837 bits per heavy atom. The number of benzene rings is 5. The summed E-state index contributed by atoms with van der Waals surface area (Å²) >= 11 is 0. The van der Waals surface area contributed by atoms with Crippen LogP contribution in [0.2, 0.25) is 0 Å². The van der Waals surface area contributed by atoms with Crippen molar-refractivity contribution in [2.45, 2.75) is 13.8 Å². The molecule has 2 heterocycles. The summed E-state index contributed by atoms with van der Waals surface area (Å²) in [5.41, 5.74) is 12.0. The normalized spacial score (nSPS) is 11.0. The third-order valence-corrected chi connectivity index (χ3v) is 7.84. The number of aromatic nitrogens is 2. The maximum absolute atomic E-state index is 4.96. The molecule has 0 bridgehead atoms. The van der Waals surface area contributed by atoms with Crippen molar-refractivity contribution >= 4 is 39.8 Å². The fourth-order valence-corrected chi connectivity index (χ4v) is 5.62. The molecule has 4 nitrogen and oxygen atoms in total. The van der Waals surface area contributed by atoms with Crippen molar-refractivity contribution in [3.8, 4) is 11.3 Å². The van der Waals surface area contributed by atoms with Crippen LogP contribution >= 0.6 is 0 Å². The van der Waals surface area contributed by atoms with E-state index in [0.717, 1.165) is 51.0 Å². The smallest absolute Gasteiger partial charge is 0.140 e. The topological polar surface area (TPSA) is 23.8 Å². The van der Waals surface area contributed by atoms with Gasteiger partial charge >= 0.3 is 0 Å². The largest absolute Gasteiger partial charge is 0.311 e. The molecule has 0 unspecified atom stereocenters. The zero-order valence-electron chi connectivity index (χ0n) is 24.3. The van der Waals surface area contributed by atoms with Crippen molar-refractivity contribution < 1.29 is 0 Å². The molecule has 0 aliphatic heterocycles. The second-order valence-electron chi connectivity index (χ2n) is 10.7. The van der Waals surface area contributed by atoms with E-state index in [4.69, 9.17) is 4.98 Å². The Bertz CT molecular complexity index is 1880. The average molecular weight is 557 g/mol. The molecule has 0 radical (unpaired) electrons. The highest BCUT2D eigenvalue weighted by atomic mass is 15.2. The highest BCUT2D eigenvalue weighted by molar-refractivity contribution is 5.81. The maximum atomic E-state index is 4.96. The van der Waals surface area contributed by atoms with E-state index in [-0.39, 0.29) is 0 Å². The Labute approximate surface area is 252 Å². The van der Waals surface area contributed by atoms with Crippen molar-refractivity contribution in [1.29, 1.82) is 0 Å². The minimum atomic E-state index is 0.974. The standard InChI is InChI=1S/C39H32N4/c1-29-18-19-30(2)41-28-38(40-39(29)41)31-20-22-35(23-21-31)43(34-16-10-5-11-17-34)37-26-24-36(25-27-37)42(32-12-6-3-7-13-32)33-14-8-4-9-15-33/h3-28H,1-2H3. The van der Waals surface area contributed by atoms with Crippen molar-refractivity contribution in [1.82, 2.24) is 9.38 Å². The van der Waals surface area contributed by atoms with E-state index in [9.17, 15) is 0 Å². The lowest BCUT2D eigenvalue weighted by molar-refractivity contribution is 1.08. The van der Waals surface area contributed by atoms with Crippen molar-refractivity contribution in [2.24, 2.45) is 0 Å². The molecule has 0 aliphatic carbocycles. The number of rotatable bonds is 7. The minimum absolute atomic E-state index is 0.974. The molecule has 0 saturated heterocycles. The number of para-hydroxylation sites is 3. The fraction of sp³-hybridized carbons (Fsp3) is 0.0513. The van der Waals surface area contributed by atoms with Gasteiger partial charge in [-0.2, -0.15) is 0 Å². The fourth-order valence-electron chi connectivity index (χ4n) is 5.62. The highest BCUT2D eigenvalue weighted by Crippen LogP contribution is 2.39. The molecule has 0 amide bonds. The summed E-state index contributed by atoms with van der Waals surface area (Å²) in [7, 11) is 0. The zero-order valence-corrected chi connectivity index (χ0v) is 24.3. The van der Waals surface area contributed by atoms with Crippen LogP contribution in [0.25, 0.3) is 16.9 Å². The van der Waals surface area contributed by atoms with E-state index in [2.05, 4.69) is 186 Å². The number of anilines is 6. The Balaban J connectivity index is 1.26. The van der Waals surface area contributed by atoms with Crippen LogP contribution in [0.3, 0.4) is 0 Å². The van der Waals surface area contributed by atoms with Crippen LogP contribution in [0.5, 0.6) is 0 Å². The van der Waals surface area contributed by atoms with Crippen LogP contribution in [0.4, 0.5) is 34.1 Å². The molecule has 5 aromatic carbocycles. The van der Waals surface area contributed by atoms with Gasteiger partial charge in [0.25, 0.3) is 0 Å². The minimum Gasteiger partial charge on any atom is -0.311 e. The van der Waals surface area contributed by atoms with E-state index in [0.29, 0.717) is 0 Å². The van der Waals surface area contributed by atoms with Crippen LogP contribution in [-0.2, 0) is 0 Å². The zero-order chi connectivity index (χ0) is 29.2. The van der Waals surface area contributed by atoms with E-state index in [1.165, 1.54) is 11.3 Å². The average Bonchev–Trinajstić information content (AvgIpc) is 3.53. The summed E-state index contributed by atoms with van der Waals surface area (Å²) in [6.07, 6.45) is 2.13. The van der Waals surface area contributed by atoms with E-state index in [1.54, 1.807) is 0 Å². The Morgan fingerprint density at radius 3 is 1.26 bits per heavy atom. The number of nitrogens with zero attached hydrogens (tertiary/aromatic N) is 4. The Hall–Kier alpha value is -5.61. The molecule has 2 aromatic heterocycles. The maximum Gasteiger partial charge on any atom is 0.140 e. The molecule has 208 valence electrons. The highest BCUT2D eigenvalue weighted by Gasteiger charge is 2.16. The SMILES string of the molecule is Cc1ccc(C)n2cc(-c3ccc(N(c4ccccc4)c4ccc(N(c5ccccc5)c5ccccc5)cc4)cc3)nc12. The third-order valence-electron chi connectivity index (χ3n) is 7.84. The molecule has 0 N–H and O–H groups in total. The predicted octanol–water partition coefficient (Wildman–Crippen LogP) is 10.6. The van der Waals surface area contributed by atoms with Gasteiger partial charge in [0.2, 0.25) is 0 Å². The van der Waals surface area contributed by atoms with Crippen molar-refractivity contribution in [3.05, 3.63) is 169 Å². The van der Waals surface area contributed by atoms with Crippen LogP contribution in [0, 0.1) is 13.8 Å². The van der Waals surface area contributed by atoms with Crippen LogP contribution < -0.4 is 9.80 Å². The number of pyridine rings is 1. The van der Waals surface area contributed by atoms with Gasteiger partial charge in [0.15, 0.2) is 0 Å². The summed E-state index contributed by atoms with van der Waals surface area (Å²) in [4.78, 5) is 9.53. The second kappa shape index (κ2) is 11.3. The van der Waals surface area contributed by atoms with Crippen LogP contribution in [0.1, 0.15) is 11.3 Å². The number of aryl methyl sites for hydroxylation is 2. The van der Waals surface area contributed by atoms with Crippen LogP contribution in [-0.4, -0.2) is 9.38 Å². The quantitative estimate of drug-likeness (QED) is 0.195. The molecular weight excluding hydrogens is 524 g/mol. The number of fused-ring (bicyclic) bond motifs is 1. The summed E-state index contributed by atoms with van der Waals surface area (Å²) in [6.45, 7) is 4.22. The molecule has 7 aromatic rings. The monoisotopic (exact) mass is 556 g/mol. The molecule has 0 saturated carbocycles. The van der Waals surface area contributed by atoms with Gasteiger partial charge < -0.3 is 14.2 Å². The molecule has 0 fully saturated rings. The summed E-state index contributed by atoms with van der Waals surface area (Å²) in [5, 5.41) is 0. The number of imidazole rings is 1. The first-order valence-corrected chi connectivity index (χ1v) is 14.6. The van der Waals surface area contributed by atoms with Gasteiger partial charge in [-0.05, 0) is 98.3 Å². The molecule has 0 aliphatic rings. The summed E-state index contributed by atoms with van der Waals surface area (Å²) < 4.78 is 2.17. The Kier molecular flexibility index (Phi) is 6.94. The van der Waals surface area contributed by atoms with E-state index >= 15 is 0 Å². The number of hydrogen-bond acceptors (Lipinski definition) is 3. The first kappa shape index (κ1) is 26.3. The molecule has 4 heteroatoms. The molecular formula is C39H32N4. The van der Waals surface area contributed by atoms with Crippen molar-refractivity contribution in [2.75, 3.05) is 9.80 Å². The summed E-state index contributed by atoms with van der Waals surface area (Å²) in [5.74, 6) is 0. The van der Waals surface area contributed by atoms with Gasteiger partial charge in [-0.25, -0.2) is 4.98 Å². The van der Waals surface area contributed by atoms with Gasteiger partial charge in [0, 0.05) is 51.6 Å². The van der Waals surface area contributed by atoms with E-state index < -0.39 is 0 Å². The number of hydrogen-bond donors (Lipinski definition) is 0. The molecule has 7 rings (SSSR count). The second-order valence-corrected chi connectivity index (χ2v) is 10.7. The molecule has 43 heavy (non-hydrogen) atoms. The Morgan fingerprint density at radius 1 is 0.442 bits per heavy atom. The lowest BCUT2D eigenvalue weighted by Crippen LogP contribution is -2.12. The van der Waals surface area contributed by atoms with Crippen molar-refractivity contribution in [3.63, 3.8) is 0 Å². The van der Waals surface area contributed by atoms with Gasteiger partial charge in [-0.15, -0.1) is 0 Å². The van der Waals surface area contributed by atoms with Gasteiger partial charge in [0.1, 0.15) is 5.65 Å². The summed E-state index contributed by atoms with van der Waals surface area (Å²) in [6, 6.07) is 53.3. The van der Waals surface area contributed by atoms with Gasteiger partial charge in [-0.3, -0.25) is 0 Å². The predicted molar refractivity (Wildman–Crippen MR) is 179 cm³/mol. The first-order chi connectivity index (χ1) is 21.2. The van der Waals surface area contributed by atoms with Gasteiger partial charge in [-0.1, -0.05) is 72.8 Å². The first-order valence-electron chi connectivity index (χ1n) is 14.6. The van der Waals surface area contributed by atoms with Gasteiger partial charge in [0.05, 0.1) is 5.69 Å². The lowest BCUT2D eigenvalue weighted by Gasteiger charge is -2.28.